The van der Waals surface area contributed by atoms with Crippen LogP contribution in [0.25, 0.3) is 0 Å². The van der Waals surface area contributed by atoms with E-state index in [9.17, 15) is 14.9 Å². The van der Waals surface area contributed by atoms with E-state index in [1.54, 1.807) is 6.92 Å². The molecule has 132 valence electrons. The van der Waals surface area contributed by atoms with Crippen molar-refractivity contribution in [2.75, 3.05) is 13.7 Å². The number of benzene rings is 2. The van der Waals surface area contributed by atoms with E-state index in [1.807, 2.05) is 31.2 Å². The first-order valence-corrected chi connectivity index (χ1v) is 7.68. The largest absolute Gasteiger partial charge is 0.493 e. The van der Waals surface area contributed by atoms with Gasteiger partial charge in [0.25, 0.3) is 5.69 Å². The summed E-state index contributed by atoms with van der Waals surface area (Å²) in [5.41, 5.74) is 1.26. The van der Waals surface area contributed by atoms with Gasteiger partial charge in [0.05, 0.1) is 24.7 Å². The number of esters is 1. The van der Waals surface area contributed by atoms with Crippen molar-refractivity contribution >= 4 is 11.7 Å². The van der Waals surface area contributed by atoms with Gasteiger partial charge in [0.2, 0.25) is 0 Å². The van der Waals surface area contributed by atoms with Crippen LogP contribution in [0.5, 0.6) is 11.5 Å². The molecule has 0 aliphatic heterocycles. The average molecular weight is 345 g/mol. The first-order valence-electron chi connectivity index (χ1n) is 7.68. The zero-order valence-electron chi connectivity index (χ0n) is 14.3. The predicted molar refractivity (Wildman–Crippen MR) is 91.1 cm³/mol. The van der Waals surface area contributed by atoms with Crippen molar-refractivity contribution in [3.63, 3.8) is 0 Å². The van der Waals surface area contributed by atoms with Crippen LogP contribution in [0.1, 0.15) is 28.4 Å². The molecule has 0 unspecified atom stereocenters. The quantitative estimate of drug-likeness (QED) is 0.432. The van der Waals surface area contributed by atoms with Crippen molar-refractivity contribution < 1.29 is 23.9 Å². The van der Waals surface area contributed by atoms with Crippen molar-refractivity contribution in [3.8, 4) is 11.5 Å². The lowest BCUT2D eigenvalue weighted by atomic mass is 10.1. The summed E-state index contributed by atoms with van der Waals surface area (Å²) in [5.74, 6) is -0.362. The van der Waals surface area contributed by atoms with Gasteiger partial charge in [-0.25, -0.2) is 4.79 Å². The van der Waals surface area contributed by atoms with Crippen LogP contribution in [-0.4, -0.2) is 24.6 Å². The Morgan fingerprint density at radius 2 is 1.96 bits per heavy atom. The van der Waals surface area contributed by atoms with E-state index in [4.69, 9.17) is 14.2 Å². The molecule has 0 spiro atoms. The third kappa shape index (κ3) is 4.47. The molecule has 0 amide bonds. The third-order valence-corrected chi connectivity index (χ3v) is 3.45. The highest BCUT2D eigenvalue weighted by Crippen LogP contribution is 2.35. The minimum absolute atomic E-state index is 0.0215. The Balaban J connectivity index is 2.30. The lowest BCUT2D eigenvalue weighted by Crippen LogP contribution is -2.10. The molecule has 0 atom stereocenters. The monoisotopic (exact) mass is 345 g/mol. The van der Waals surface area contributed by atoms with E-state index in [-0.39, 0.29) is 23.7 Å². The van der Waals surface area contributed by atoms with Crippen molar-refractivity contribution in [1.29, 1.82) is 0 Å². The fourth-order valence-electron chi connectivity index (χ4n) is 2.32. The molecule has 0 bridgehead atoms. The normalized spacial score (nSPS) is 10.2. The van der Waals surface area contributed by atoms with Gasteiger partial charge in [0.1, 0.15) is 12.2 Å². The lowest BCUT2D eigenvalue weighted by molar-refractivity contribution is -0.385. The summed E-state index contributed by atoms with van der Waals surface area (Å²) in [6.45, 7) is 4.03. The molecule has 0 radical (unpaired) electrons. The Labute approximate surface area is 145 Å². The maximum atomic E-state index is 12.4. The summed E-state index contributed by atoms with van der Waals surface area (Å²) >= 11 is 0. The van der Waals surface area contributed by atoms with Crippen LogP contribution in [0.2, 0.25) is 0 Å². The number of methoxy groups -OCH3 is 1. The molecule has 0 heterocycles. The van der Waals surface area contributed by atoms with E-state index in [1.165, 1.54) is 13.2 Å². The van der Waals surface area contributed by atoms with E-state index < -0.39 is 16.6 Å². The highest BCUT2D eigenvalue weighted by atomic mass is 16.6. The zero-order valence-corrected chi connectivity index (χ0v) is 14.3. The number of hydrogen-bond acceptors (Lipinski definition) is 6. The van der Waals surface area contributed by atoms with Crippen molar-refractivity contribution in [2.24, 2.45) is 0 Å². The summed E-state index contributed by atoms with van der Waals surface area (Å²) in [5, 5.41) is 11.3. The van der Waals surface area contributed by atoms with E-state index >= 15 is 0 Å². The maximum absolute atomic E-state index is 12.4. The maximum Gasteiger partial charge on any atom is 0.345 e. The number of nitro benzene ring substituents is 1. The number of ether oxygens (including phenoxy) is 3. The van der Waals surface area contributed by atoms with Gasteiger partial charge in [-0.1, -0.05) is 29.8 Å². The summed E-state index contributed by atoms with van der Waals surface area (Å²) in [6.07, 6.45) is 0. The molecule has 0 fully saturated rings. The van der Waals surface area contributed by atoms with Gasteiger partial charge >= 0.3 is 5.97 Å². The van der Waals surface area contributed by atoms with E-state index in [0.29, 0.717) is 6.61 Å². The van der Waals surface area contributed by atoms with E-state index in [0.717, 1.165) is 17.2 Å². The molecular weight excluding hydrogens is 326 g/mol. The molecule has 2 aromatic rings. The fraction of sp³-hybridized carbons (Fsp3) is 0.278. The Morgan fingerprint density at radius 1 is 1.20 bits per heavy atom. The van der Waals surface area contributed by atoms with Crippen LogP contribution < -0.4 is 9.47 Å². The van der Waals surface area contributed by atoms with Crippen molar-refractivity contribution in [2.45, 2.75) is 20.5 Å². The topological polar surface area (TPSA) is 87.9 Å². The van der Waals surface area contributed by atoms with Crippen molar-refractivity contribution in [1.82, 2.24) is 0 Å². The molecule has 0 saturated carbocycles. The Hall–Kier alpha value is -3.09. The molecule has 0 saturated heterocycles. The van der Waals surface area contributed by atoms with Crippen LogP contribution in [0, 0.1) is 17.0 Å². The van der Waals surface area contributed by atoms with Gasteiger partial charge in [0.15, 0.2) is 11.5 Å². The second-order valence-corrected chi connectivity index (χ2v) is 5.28. The zero-order chi connectivity index (χ0) is 18.4. The second-order valence-electron chi connectivity index (χ2n) is 5.28. The molecular formula is C18H19NO6. The molecule has 0 aliphatic carbocycles. The first-order chi connectivity index (χ1) is 12.0. The number of nitro groups is 1. The minimum atomic E-state index is -0.795. The molecule has 0 aromatic heterocycles. The predicted octanol–water partition coefficient (Wildman–Crippen LogP) is 3.67. The molecule has 0 aliphatic rings. The minimum Gasteiger partial charge on any atom is -0.493 e. The fourth-order valence-corrected chi connectivity index (χ4v) is 2.32. The highest BCUT2D eigenvalue weighted by Gasteiger charge is 2.25. The number of hydrogen-bond donors (Lipinski definition) is 0. The third-order valence-electron chi connectivity index (χ3n) is 3.45. The van der Waals surface area contributed by atoms with Crippen LogP contribution >= 0.6 is 0 Å². The highest BCUT2D eigenvalue weighted by molar-refractivity contribution is 5.95. The number of nitrogens with zero attached hydrogens (tertiary/aromatic N) is 1. The summed E-state index contributed by atoms with van der Waals surface area (Å²) in [6, 6.07) is 9.90. The molecule has 25 heavy (non-hydrogen) atoms. The molecule has 2 aromatic carbocycles. The molecule has 0 N–H and O–H groups in total. The first kappa shape index (κ1) is 18.3. The molecule has 2 rings (SSSR count). The van der Waals surface area contributed by atoms with Crippen molar-refractivity contribution in [3.05, 3.63) is 63.2 Å². The Bertz CT molecular complexity index is 787. The van der Waals surface area contributed by atoms with Crippen LogP contribution in [-0.2, 0) is 11.3 Å². The lowest BCUT2D eigenvalue weighted by Gasteiger charge is -2.12. The van der Waals surface area contributed by atoms with Gasteiger partial charge in [-0.3, -0.25) is 10.1 Å². The average Bonchev–Trinajstić information content (AvgIpc) is 2.59. The summed E-state index contributed by atoms with van der Waals surface area (Å²) < 4.78 is 15.7. The number of aryl methyl sites for hydroxylation is 1. The second kappa shape index (κ2) is 8.14. The summed E-state index contributed by atoms with van der Waals surface area (Å²) in [7, 11) is 1.37. The Morgan fingerprint density at radius 3 is 2.56 bits per heavy atom. The Kier molecular flexibility index (Phi) is 5.94. The molecule has 7 nitrogen and oxygen atoms in total. The smallest absolute Gasteiger partial charge is 0.345 e. The number of rotatable bonds is 7. The SMILES string of the molecule is CCOc1cc(C(=O)OCc2cccc(C)c2)c([N+](=O)[O-])cc1OC. The van der Waals surface area contributed by atoms with Gasteiger partial charge in [-0.2, -0.15) is 0 Å². The number of carbonyl (C=O) groups excluding carboxylic acids is 1. The van der Waals surface area contributed by atoms with Gasteiger partial charge in [-0.05, 0) is 19.4 Å². The van der Waals surface area contributed by atoms with Crippen LogP contribution in [0.3, 0.4) is 0 Å². The van der Waals surface area contributed by atoms with E-state index in [2.05, 4.69) is 0 Å². The van der Waals surface area contributed by atoms with Crippen LogP contribution in [0.15, 0.2) is 36.4 Å². The van der Waals surface area contributed by atoms with Gasteiger partial charge in [-0.15, -0.1) is 0 Å². The van der Waals surface area contributed by atoms with Gasteiger partial charge in [0, 0.05) is 6.07 Å². The summed E-state index contributed by atoms with van der Waals surface area (Å²) in [4.78, 5) is 23.0. The number of carbonyl (C=O) groups is 1. The van der Waals surface area contributed by atoms with Gasteiger partial charge < -0.3 is 14.2 Å². The standard InChI is InChI=1S/C18H19NO6/c1-4-24-17-9-14(15(19(21)22)10-16(17)23-3)18(20)25-11-13-7-5-6-12(2)8-13/h5-10H,4,11H2,1-3H3. The molecule has 7 heteroatoms. The van der Waals surface area contributed by atoms with Crippen LogP contribution in [0.4, 0.5) is 5.69 Å².